The van der Waals surface area contributed by atoms with E-state index < -0.39 is 18.1 Å². The summed E-state index contributed by atoms with van der Waals surface area (Å²) in [5.74, 6) is -2.65. The number of alkyl halides is 3. The van der Waals surface area contributed by atoms with Crippen molar-refractivity contribution in [3.05, 3.63) is 58.1 Å². The van der Waals surface area contributed by atoms with Crippen LogP contribution >= 0.6 is 23.2 Å². The maximum absolute atomic E-state index is 13.2. The Bertz CT molecular complexity index is 1670. The number of nitrogens with one attached hydrogen (secondary N) is 2. The Morgan fingerprint density at radius 2 is 1.60 bits per heavy atom. The van der Waals surface area contributed by atoms with Crippen LogP contribution in [0.25, 0.3) is 11.3 Å². The molecule has 2 aliphatic rings. The third kappa shape index (κ3) is 8.73. The van der Waals surface area contributed by atoms with Gasteiger partial charge >= 0.3 is 12.1 Å². The van der Waals surface area contributed by atoms with Crippen molar-refractivity contribution in [1.82, 2.24) is 29.7 Å². The Balaban J connectivity index is 0.000000671. The summed E-state index contributed by atoms with van der Waals surface area (Å²) in [7, 11) is 3.20. The van der Waals surface area contributed by atoms with Crippen molar-refractivity contribution in [3.8, 4) is 17.1 Å². The van der Waals surface area contributed by atoms with Gasteiger partial charge < -0.3 is 34.8 Å². The van der Waals surface area contributed by atoms with Crippen LogP contribution in [0.2, 0.25) is 10.0 Å². The number of carboxylic acid groups (broad SMARTS) is 1. The van der Waals surface area contributed by atoms with Crippen molar-refractivity contribution in [2.75, 3.05) is 51.7 Å². The normalized spacial score (nSPS) is 15.3. The summed E-state index contributed by atoms with van der Waals surface area (Å²) in [6.45, 7) is 3.62. The summed E-state index contributed by atoms with van der Waals surface area (Å²) in [6.07, 6.45) is -0.279. The highest BCUT2D eigenvalue weighted by molar-refractivity contribution is 6.34. The van der Waals surface area contributed by atoms with Crippen LogP contribution < -0.4 is 15.4 Å². The molecule has 0 radical (unpaired) electrons. The first-order valence-electron chi connectivity index (χ1n) is 14.6. The number of piperidine rings is 1. The van der Waals surface area contributed by atoms with Crippen LogP contribution in [0.1, 0.15) is 33.8 Å². The zero-order valence-corrected chi connectivity index (χ0v) is 27.3. The standard InChI is InChI=1S/C28H31Cl2N7O4.C2HF3O2/c1-35-23(20-15-32-24(41-2)14-22(20)30)16-33-25(35)26(38)34-18-3-4-19(21(29)13-18)28(40)37-11-9-36(10-12-37)27(39)17-5-7-31-8-6-17;3-2(4,5)1(6)7/h3-4,13-17,31H,5-12H2,1-2H3,(H,34,38);(H,6,7). The number of hydrogen-bond donors (Lipinski definition) is 3. The molecule has 2 fully saturated rings. The molecule has 0 saturated carbocycles. The fraction of sp³-hybridized carbons (Fsp3) is 0.400. The van der Waals surface area contributed by atoms with Crippen molar-refractivity contribution in [2.24, 2.45) is 13.0 Å². The molecule has 3 amide bonds. The summed E-state index contributed by atoms with van der Waals surface area (Å²) >= 11 is 12.9. The number of carboxylic acids is 1. The summed E-state index contributed by atoms with van der Waals surface area (Å²) in [5, 5.41) is 13.8. The Kier molecular flexibility index (Phi) is 11.9. The summed E-state index contributed by atoms with van der Waals surface area (Å²) < 4.78 is 38.4. The number of ether oxygens (including phenoxy) is 1. The fourth-order valence-corrected chi connectivity index (χ4v) is 5.67. The lowest BCUT2D eigenvalue weighted by molar-refractivity contribution is -0.192. The highest BCUT2D eigenvalue weighted by Crippen LogP contribution is 2.30. The van der Waals surface area contributed by atoms with Crippen LogP contribution in [0.3, 0.4) is 0 Å². The van der Waals surface area contributed by atoms with Gasteiger partial charge in [-0.3, -0.25) is 14.4 Å². The molecule has 1 aromatic carbocycles. The average Bonchev–Trinajstić information content (AvgIpc) is 3.45. The molecule has 0 unspecified atom stereocenters. The zero-order chi connectivity index (χ0) is 35.2. The highest BCUT2D eigenvalue weighted by Gasteiger charge is 2.38. The van der Waals surface area contributed by atoms with E-state index in [2.05, 4.69) is 20.6 Å². The number of benzene rings is 1. The van der Waals surface area contributed by atoms with Gasteiger partial charge in [0.25, 0.3) is 11.8 Å². The van der Waals surface area contributed by atoms with Crippen LogP contribution in [0.5, 0.6) is 5.88 Å². The number of nitrogens with zero attached hydrogens (tertiary/aromatic N) is 5. The zero-order valence-electron chi connectivity index (χ0n) is 25.8. The molecule has 13 nitrogen and oxygen atoms in total. The number of methoxy groups -OCH3 is 1. The van der Waals surface area contributed by atoms with E-state index in [1.54, 1.807) is 47.1 Å². The molecule has 18 heteroatoms. The largest absolute Gasteiger partial charge is 0.490 e. The van der Waals surface area contributed by atoms with E-state index in [1.165, 1.54) is 13.2 Å². The summed E-state index contributed by atoms with van der Waals surface area (Å²) in [6, 6.07) is 6.35. The topological polar surface area (TPSA) is 159 Å². The van der Waals surface area contributed by atoms with E-state index >= 15 is 0 Å². The Labute approximate surface area is 283 Å². The van der Waals surface area contributed by atoms with E-state index in [0.29, 0.717) is 59.6 Å². The van der Waals surface area contributed by atoms with Gasteiger partial charge in [-0.25, -0.2) is 14.8 Å². The molecule has 2 aliphatic heterocycles. The molecule has 5 rings (SSSR count). The second-order valence-electron chi connectivity index (χ2n) is 10.8. The predicted octanol–water partition coefficient (Wildman–Crippen LogP) is 3.97. The van der Waals surface area contributed by atoms with Crippen LogP contribution in [-0.4, -0.2) is 106 Å². The monoisotopic (exact) mass is 713 g/mol. The van der Waals surface area contributed by atoms with Gasteiger partial charge in [-0.1, -0.05) is 23.2 Å². The van der Waals surface area contributed by atoms with E-state index in [1.807, 2.05) is 4.90 Å². The molecule has 0 bridgehead atoms. The molecule has 2 saturated heterocycles. The first-order chi connectivity index (χ1) is 22.7. The second-order valence-corrected chi connectivity index (χ2v) is 11.6. The predicted molar refractivity (Wildman–Crippen MR) is 169 cm³/mol. The van der Waals surface area contributed by atoms with E-state index in [-0.39, 0.29) is 28.6 Å². The number of carbonyl (C=O) groups excluding carboxylic acids is 3. The number of rotatable bonds is 6. The third-order valence-corrected chi connectivity index (χ3v) is 8.40. The van der Waals surface area contributed by atoms with Crippen molar-refractivity contribution in [3.63, 3.8) is 0 Å². The highest BCUT2D eigenvalue weighted by atomic mass is 35.5. The van der Waals surface area contributed by atoms with E-state index in [4.69, 9.17) is 37.8 Å². The number of pyridine rings is 1. The van der Waals surface area contributed by atoms with Crippen molar-refractivity contribution in [2.45, 2.75) is 19.0 Å². The molecule has 4 heterocycles. The number of halogens is 5. The van der Waals surface area contributed by atoms with Gasteiger partial charge in [0, 0.05) is 62.7 Å². The molecule has 0 atom stereocenters. The van der Waals surface area contributed by atoms with Gasteiger partial charge in [0.15, 0.2) is 5.82 Å². The maximum atomic E-state index is 13.2. The quantitative estimate of drug-likeness (QED) is 0.344. The lowest BCUT2D eigenvalue weighted by Gasteiger charge is -2.37. The number of piperazine rings is 1. The molecule has 48 heavy (non-hydrogen) atoms. The van der Waals surface area contributed by atoms with Gasteiger partial charge in [0.1, 0.15) is 0 Å². The first-order valence-corrected chi connectivity index (χ1v) is 15.4. The van der Waals surface area contributed by atoms with E-state index in [9.17, 15) is 27.6 Å². The Hall–Kier alpha value is -4.41. The SMILES string of the molecule is COc1cc(Cl)c(-c2cnc(C(=O)Nc3ccc(C(=O)N4CCN(C(=O)C5CCNCC5)CC4)c(Cl)c3)n2C)cn1.O=C(O)C(F)(F)F. The maximum Gasteiger partial charge on any atom is 0.490 e. The molecular weight excluding hydrogens is 682 g/mol. The fourth-order valence-electron chi connectivity index (χ4n) is 5.16. The first kappa shape index (κ1) is 36.4. The van der Waals surface area contributed by atoms with Gasteiger partial charge in [-0.05, 0) is 44.1 Å². The number of aromatic nitrogens is 3. The van der Waals surface area contributed by atoms with Gasteiger partial charge in [-0.2, -0.15) is 13.2 Å². The van der Waals surface area contributed by atoms with Crippen LogP contribution in [0, 0.1) is 5.92 Å². The lowest BCUT2D eigenvalue weighted by atomic mass is 9.96. The average molecular weight is 715 g/mol. The Morgan fingerprint density at radius 1 is 0.979 bits per heavy atom. The lowest BCUT2D eigenvalue weighted by Crippen LogP contribution is -2.52. The van der Waals surface area contributed by atoms with Crippen LogP contribution in [0.4, 0.5) is 18.9 Å². The van der Waals surface area contributed by atoms with Crippen LogP contribution in [0.15, 0.2) is 36.7 Å². The molecule has 3 N–H and O–H groups in total. The molecule has 2 aromatic heterocycles. The number of amides is 3. The summed E-state index contributed by atoms with van der Waals surface area (Å²) in [4.78, 5) is 60.0. The molecule has 0 aliphatic carbocycles. The number of anilines is 1. The molecule has 0 spiro atoms. The third-order valence-electron chi connectivity index (χ3n) is 7.77. The molecule has 3 aromatic rings. The minimum atomic E-state index is -5.08. The summed E-state index contributed by atoms with van der Waals surface area (Å²) in [5.41, 5.74) is 1.96. The van der Waals surface area contributed by atoms with Gasteiger partial charge in [0.05, 0.1) is 34.6 Å². The molecular formula is C30H32Cl2F3N7O6. The van der Waals surface area contributed by atoms with Crippen molar-refractivity contribution in [1.29, 1.82) is 0 Å². The van der Waals surface area contributed by atoms with Crippen LogP contribution in [-0.2, 0) is 16.6 Å². The minimum absolute atomic E-state index is 0.0605. The smallest absolute Gasteiger partial charge is 0.481 e. The molecule has 258 valence electrons. The number of imidazole rings is 1. The van der Waals surface area contributed by atoms with Gasteiger partial charge in [0.2, 0.25) is 11.8 Å². The van der Waals surface area contributed by atoms with Crippen molar-refractivity contribution < 1.29 is 42.2 Å². The van der Waals surface area contributed by atoms with E-state index in [0.717, 1.165) is 25.9 Å². The number of carbonyl (C=O) groups is 4. The Morgan fingerprint density at radius 3 is 2.17 bits per heavy atom. The van der Waals surface area contributed by atoms with Gasteiger partial charge in [-0.15, -0.1) is 0 Å². The minimum Gasteiger partial charge on any atom is -0.481 e. The number of hydrogen-bond acceptors (Lipinski definition) is 8. The second kappa shape index (κ2) is 15.7. The number of aliphatic carboxylic acids is 1. The van der Waals surface area contributed by atoms with Crippen molar-refractivity contribution >= 4 is 52.6 Å².